The molecule has 3 aromatic carbocycles. The number of carbonyl (C=O) groups excluding carboxylic acids is 1. The molecule has 4 nitrogen and oxygen atoms in total. The monoisotopic (exact) mass is 343 g/mol. The molecule has 1 heterocycles. The number of rotatable bonds is 4. The van der Waals surface area contributed by atoms with Crippen molar-refractivity contribution < 1.29 is 14.3 Å². The van der Waals surface area contributed by atoms with Gasteiger partial charge in [-0.2, -0.15) is 0 Å². The number of amides is 1. The predicted octanol–water partition coefficient (Wildman–Crippen LogP) is 4.72. The van der Waals surface area contributed by atoms with Gasteiger partial charge in [-0.3, -0.25) is 9.69 Å². The van der Waals surface area contributed by atoms with E-state index in [1.54, 1.807) is 4.90 Å². The van der Waals surface area contributed by atoms with Crippen molar-refractivity contribution in [1.82, 2.24) is 0 Å². The van der Waals surface area contributed by atoms with Gasteiger partial charge in [0.15, 0.2) is 5.76 Å². The Morgan fingerprint density at radius 2 is 1.19 bits per heavy atom. The summed E-state index contributed by atoms with van der Waals surface area (Å²) in [6.45, 7) is 0.0305. The SMILES string of the molecule is O=C(C1=C(c2ccccc2)OCO1)N(c1ccccc1)c1ccccc1. The lowest BCUT2D eigenvalue weighted by molar-refractivity contribution is -0.117. The number of para-hydroxylation sites is 2. The van der Waals surface area contributed by atoms with E-state index >= 15 is 0 Å². The van der Waals surface area contributed by atoms with Gasteiger partial charge in [-0.05, 0) is 24.3 Å². The number of nitrogens with zero attached hydrogens (tertiary/aromatic N) is 1. The van der Waals surface area contributed by atoms with Crippen molar-refractivity contribution >= 4 is 23.0 Å². The summed E-state index contributed by atoms with van der Waals surface area (Å²) in [5.41, 5.74) is 2.34. The topological polar surface area (TPSA) is 38.8 Å². The van der Waals surface area contributed by atoms with E-state index in [0.717, 1.165) is 16.9 Å². The zero-order valence-corrected chi connectivity index (χ0v) is 14.0. The lowest BCUT2D eigenvalue weighted by Crippen LogP contribution is -2.28. The van der Waals surface area contributed by atoms with Crippen molar-refractivity contribution in [1.29, 1.82) is 0 Å². The molecule has 3 aromatic rings. The van der Waals surface area contributed by atoms with Crippen LogP contribution in [0.4, 0.5) is 11.4 Å². The molecule has 26 heavy (non-hydrogen) atoms. The zero-order valence-electron chi connectivity index (χ0n) is 14.0. The van der Waals surface area contributed by atoms with Crippen LogP contribution in [0.3, 0.4) is 0 Å². The summed E-state index contributed by atoms with van der Waals surface area (Å²) in [4.78, 5) is 15.0. The van der Waals surface area contributed by atoms with Gasteiger partial charge in [0.05, 0.1) is 0 Å². The van der Waals surface area contributed by atoms with Crippen molar-refractivity contribution in [2.75, 3.05) is 11.7 Å². The number of ether oxygens (including phenoxy) is 2. The summed E-state index contributed by atoms with van der Waals surface area (Å²) in [5, 5.41) is 0. The standard InChI is InChI=1S/C22H17NO3/c24-22(21-20(25-16-26-21)17-10-4-1-5-11-17)23(18-12-6-2-7-13-18)19-14-8-3-9-15-19/h1-15H,16H2. The van der Waals surface area contributed by atoms with Crippen molar-refractivity contribution in [3.63, 3.8) is 0 Å². The van der Waals surface area contributed by atoms with E-state index in [9.17, 15) is 4.79 Å². The van der Waals surface area contributed by atoms with Crippen LogP contribution in [0.2, 0.25) is 0 Å². The molecular formula is C22H17NO3. The predicted molar refractivity (Wildman–Crippen MR) is 100 cm³/mol. The third-order valence-electron chi connectivity index (χ3n) is 4.07. The Balaban J connectivity index is 1.80. The van der Waals surface area contributed by atoms with E-state index in [4.69, 9.17) is 9.47 Å². The second-order valence-corrected chi connectivity index (χ2v) is 5.74. The van der Waals surface area contributed by atoms with Crippen LogP contribution in [0.5, 0.6) is 0 Å². The van der Waals surface area contributed by atoms with E-state index in [1.807, 2.05) is 91.0 Å². The van der Waals surface area contributed by atoms with Gasteiger partial charge in [-0.1, -0.05) is 66.7 Å². The maximum atomic E-state index is 13.4. The molecule has 1 aliphatic heterocycles. The number of carbonyl (C=O) groups is 1. The smallest absolute Gasteiger partial charge is 0.302 e. The van der Waals surface area contributed by atoms with Crippen LogP contribution in [0.15, 0.2) is 96.8 Å². The van der Waals surface area contributed by atoms with E-state index in [-0.39, 0.29) is 18.5 Å². The Labute approximate surface area is 151 Å². The highest BCUT2D eigenvalue weighted by Gasteiger charge is 2.31. The van der Waals surface area contributed by atoms with Crippen LogP contribution >= 0.6 is 0 Å². The molecule has 0 radical (unpaired) electrons. The van der Waals surface area contributed by atoms with Gasteiger partial charge in [0.25, 0.3) is 0 Å². The van der Waals surface area contributed by atoms with Gasteiger partial charge in [0, 0.05) is 16.9 Å². The van der Waals surface area contributed by atoms with Gasteiger partial charge in [0.1, 0.15) is 0 Å². The first-order valence-electron chi connectivity index (χ1n) is 8.34. The van der Waals surface area contributed by atoms with Gasteiger partial charge in [-0.25, -0.2) is 0 Å². The van der Waals surface area contributed by atoms with Crippen molar-refractivity contribution in [2.24, 2.45) is 0 Å². The lowest BCUT2D eigenvalue weighted by atomic mass is 10.1. The van der Waals surface area contributed by atoms with Crippen LogP contribution in [0, 0.1) is 0 Å². The fourth-order valence-electron chi connectivity index (χ4n) is 2.88. The highest BCUT2D eigenvalue weighted by atomic mass is 16.7. The van der Waals surface area contributed by atoms with E-state index < -0.39 is 0 Å². The summed E-state index contributed by atoms with van der Waals surface area (Å²) in [5.74, 6) is 0.412. The summed E-state index contributed by atoms with van der Waals surface area (Å²) in [6, 6.07) is 28.5. The fraction of sp³-hybridized carbons (Fsp3) is 0.0455. The molecule has 1 amide bonds. The summed E-state index contributed by atoms with van der Waals surface area (Å²) in [6.07, 6.45) is 0. The average molecular weight is 343 g/mol. The van der Waals surface area contributed by atoms with Gasteiger partial charge in [-0.15, -0.1) is 0 Å². The van der Waals surface area contributed by atoms with Crippen LogP contribution in [0.25, 0.3) is 5.76 Å². The maximum absolute atomic E-state index is 13.4. The number of benzene rings is 3. The third-order valence-corrected chi connectivity index (χ3v) is 4.07. The van der Waals surface area contributed by atoms with Crippen molar-refractivity contribution in [2.45, 2.75) is 0 Å². The normalized spacial score (nSPS) is 13.1. The van der Waals surface area contributed by atoms with E-state index in [1.165, 1.54) is 0 Å². The van der Waals surface area contributed by atoms with Gasteiger partial charge < -0.3 is 9.47 Å². The zero-order chi connectivity index (χ0) is 17.8. The Hall–Kier alpha value is -3.53. The number of anilines is 2. The first-order valence-corrected chi connectivity index (χ1v) is 8.34. The Morgan fingerprint density at radius 3 is 1.73 bits per heavy atom. The minimum atomic E-state index is -0.265. The summed E-state index contributed by atoms with van der Waals surface area (Å²) < 4.78 is 11.2. The second-order valence-electron chi connectivity index (χ2n) is 5.74. The minimum absolute atomic E-state index is 0.0305. The molecular weight excluding hydrogens is 326 g/mol. The molecule has 0 saturated carbocycles. The first kappa shape index (κ1) is 16.0. The van der Waals surface area contributed by atoms with Crippen molar-refractivity contribution in [3.05, 3.63) is 102 Å². The van der Waals surface area contributed by atoms with Crippen LogP contribution in [-0.4, -0.2) is 12.7 Å². The molecule has 0 N–H and O–H groups in total. The third kappa shape index (κ3) is 3.05. The molecule has 0 aliphatic carbocycles. The quantitative estimate of drug-likeness (QED) is 0.688. The minimum Gasteiger partial charge on any atom is -0.453 e. The molecule has 0 fully saturated rings. The maximum Gasteiger partial charge on any atom is 0.302 e. The Morgan fingerprint density at radius 1 is 0.692 bits per heavy atom. The molecule has 0 aromatic heterocycles. The van der Waals surface area contributed by atoms with Gasteiger partial charge >= 0.3 is 5.91 Å². The summed E-state index contributed by atoms with van der Waals surface area (Å²) >= 11 is 0. The van der Waals surface area contributed by atoms with Crippen LogP contribution in [-0.2, 0) is 14.3 Å². The van der Waals surface area contributed by atoms with Gasteiger partial charge in [0.2, 0.25) is 12.6 Å². The van der Waals surface area contributed by atoms with E-state index in [0.29, 0.717) is 5.76 Å². The fourth-order valence-corrected chi connectivity index (χ4v) is 2.88. The molecule has 128 valence electrons. The van der Waals surface area contributed by atoms with E-state index in [2.05, 4.69) is 0 Å². The Bertz CT molecular complexity index is 882. The largest absolute Gasteiger partial charge is 0.453 e. The second kappa shape index (κ2) is 7.15. The molecule has 1 aliphatic rings. The molecule has 0 unspecified atom stereocenters. The highest BCUT2D eigenvalue weighted by Crippen LogP contribution is 2.32. The molecule has 4 rings (SSSR count). The van der Waals surface area contributed by atoms with Crippen LogP contribution < -0.4 is 4.90 Å². The Kier molecular flexibility index (Phi) is 4.39. The molecule has 4 heteroatoms. The number of hydrogen-bond donors (Lipinski definition) is 0. The molecule has 0 spiro atoms. The van der Waals surface area contributed by atoms with Crippen molar-refractivity contribution in [3.8, 4) is 0 Å². The first-order chi connectivity index (χ1) is 12.8. The number of hydrogen-bond acceptors (Lipinski definition) is 3. The molecule has 0 atom stereocenters. The van der Waals surface area contributed by atoms with Crippen LogP contribution in [0.1, 0.15) is 5.56 Å². The average Bonchev–Trinajstić information content (AvgIpc) is 3.20. The molecule has 0 bridgehead atoms. The highest BCUT2D eigenvalue weighted by molar-refractivity contribution is 6.12. The molecule has 0 saturated heterocycles. The summed E-state index contributed by atoms with van der Waals surface area (Å²) in [7, 11) is 0. The lowest BCUT2D eigenvalue weighted by Gasteiger charge is -2.23.